The van der Waals surface area contributed by atoms with E-state index < -0.39 is 0 Å². The predicted molar refractivity (Wildman–Crippen MR) is 120 cm³/mol. The van der Waals surface area contributed by atoms with Crippen LogP contribution in [0.2, 0.25) is 0 Å². The number of rotatable bonds is 3. The summed E-state index contributed by atoms with van der Waals surface area (Å²) in [5, 5.41) is 0. The molecule has 0 unspecified atom stereocenters. The number of amidine groups is 1. The summed E-state index contributed by atoms with van der Waals surface area (Å²) in [7, 11) is 0. The zero-order chi connectivity index (χ0) is 20.7. The molecule has 0 fully saturated rings. The number of nitrogens with zero attached hydrogens (tertiary/aromatic N) is 2. The van der Waals surface area contributed by atoms with E-state index in [4.69, 9.17) is 14.5 Å². The van der Waals surface area contributed by atoms with Crippen molar-refractivity contribution in [2.75, 3.05) is 11.7 Å². The Labute approximate surface area is 182 Å². The number of ether oxygens (including phenoxy) is 2. The highest BCUT2D eigenvalue weighted by atomic mass is 79.9. The Bertz CT molecular complexity index is 1220. The van der Waals surface area contributed by atoms with Gasteiger partial charge in [0, 0.05) is 10.0 Å². The van der Waals surface area contributed by atoms with E-state index in [0.717, 1.165) is 26.9 Å². The quantitative estimate of drug-likeness (QED) is 0.496. The molecule has 2 aliphatic rings. The molecule has 5 nitrogen and oxygen atoms in total. The third-order valence-electron chi connectivity index (χ3n) is 4.92. The minimum Gasteiger partial charge on any atom is -0.454 e. The van der Waals surface area contributed by atoms with Gasteiger partial charge in [-0.25, -0.2) is 4.99 Å². The van der Waals surface area contributed by atoms with Crippen molar-refractivity contribution in [3.05, 3.63) is 93.6 Å². The molecule has 0 saturated carbocycles. The number of amides is 1. The first-order valence-corrected chi connectivity index (χ1v) is 10.2. The molecule has 5 rings (SSSR count). The Morgan fingerprint density at radius 2 is 1.80 bits per heavy atom. The number of hydrogen-bond acceptors (Lipinski definition) is 4. The Kier molecular flexibility index (Phi) is 4.64. The zero-order valence-corrected chi connectivity index (χ0v) is 17.7. The van der Waals surface area contributed by atoms with Crippen LogP contribution in [0.4, 0.5) is 5.69 Å². The number of benzene rings is 3. The van der Waals surface area contributed by atoms with E-state index in [2.05, 4.69) is 15.9 Å². The van der Waals surface area contributed by atoms with Crippen molar-refractivity contribution in [1.29, 1.82) is 0 Å². The molecule has 0 saturated heterocycles. The van der Waals surface area contributed by atoms with Crippen molar-refractivity contribution in [1.82, 2.24) is 0 Å². The highest BCUT2D eigenvalue weighted by Crippen LogP contribution is 2.34. The van der Waals surface area contributed by atoms with Crippen LogP contribution in [0.3, 0.4) is 0 Å². The number of fused-ring (bicyclic) bond motifs is 1. The van der Waals surface area contributed by atoms with Crippen LogP contribution in [-0.2, 0) is 4.79 Å². The number of hydrogen-bond donors (Lipinski definition) is 0. The van der Waals surface area contributed by atoms with Gasteiger partial charge in [-0.15, -0.1) is 0 Å². The normalized spacial score (nSPS) is 16.3. The molecular weight excluding hydrogens is 444 g/mol. The minimum atomic E-state index is -0.170. The minimum absolute atomic E-state index is 0.170. The molecule has 0 N–H and O–H groups in total. The standard InChI is InChI=1S/C24H17BrN2O3/c1-15-3-2-4-19(11-15)27-23(17-6-8-18(25)9-7-17)26-20(24(27)28)12-16-5-10-21-22(13-16)30-14-29-21/h2-13H,14H2,1H3. The van der Waals surface area contributed by atoms with Crippen LogP contribution in [0, 0.1) is 6.92 Å². The molecule has 0 bridgehead atoms. The Balaban J connectivity index is 1.60. The average molecular weight is 461 g/mol. The van der Waals surface area contributed by atoms with Gasteiger partial charge < -0.3 is 9.47 Å². The summed E-state index contributed by atoms with van der Waals surface area (Å²) in [6.07, 6.45) is 1.78. The third kappa shape index (κ3) is 3.39. The lowest BCUT2D eigenvalue weighted by atomic mass is 10.1. The molecule has 3 aromatic carbocycles. The molecule has 0 atom stereocenters. The highest BCUT2D eigenvalue weighted by Gasteiger charge is 2.32. The van der Waals surface area contributed by atoms with Gasteiger partial charge in [0.25, 0.3) is 5.91 Å². The molecule has 148 valence electrons. The van der Waals surface area contributed by atoms with Gasteiger partial charge >= 0.3 is 0 Å². The second-order valence-electron chi connectivity index (χ2n) is 7.06. The van der Waals surface area contributed by atoms with Gasteiger partial charge in [-0.1, -0.05) is 46.3 Å². The SMILES string of the molecule is Cc1cccc(N2C(=O)C(=Cc3ccc4c(c3)OCO4)N=C2c2ccc(Br)cc2)c1. The second-order valence-corrected chi connectivity index (χ2v) is 7.98. The van der Waals surface area contributed by atoms with E-state index in [1.54, 1.807) is 11.0 Å². The molecule has 2 heterocycles. The van der Waals surface area contributed by atoms with Crippen molar-refractivity contribution in [2.24, 2.45) is 4.99 Å². The molecule has 0 spiro atoms. The van der Waals surface area contributed by atoms with E-state index in [1.807, 2.05) is 73.7 Å². The number of aryl methyl sites for hydroxylation is 1. The topological polar surface area (TPSA) is 51.1 Å². The van der Waals surface area contributed by atoms with Crippen LogP contribution in [0.25, 0.3) is 6.08 Å². The largest absolute Gasteiger partial charge is 0.454 e. The number of aliphatic imine (C=N–C) groups is 1. The third-order valence-corrected chi connectivity index (χ3v) is 5.45. The Hall–Kier alpha value is -3.38. The fourth-order valence-corrected chi connectivity index (χ4v) is 3.74. The first-order chi connectivity index (χ1) is 14.6. The van der Waals surface area contributed by atoms with Crippen LogP contribution in [-0.4, -0.2) is 18.5 Å². The van der Waals surface area contributed by atoms with Crippen LogP contribution in [0.15, 0.2) is 81.9 Å². The van der Waals surface area contributed by atoms with Crippen molar-refractivity contribution in [3.63, 3.8) is 0 Å². The second kappa shape index (κ2) is 7.46. The first-order valence-electron chi connectivity index (χ1n) is 9.45. The summed E-state index contributed by atoms with van der Waals surface area (Å²) in [5.74, 6) is 1.80. The zero-order valence-electron chi connectivity index (χ0n) is 16.1. The summed E-state index contributed by atoms with van der Waals surface area (Å²) in [5.41, 5.74) is 3.92. The van der Waals surface area contributed by atoms with Gasteiger partial charge in [0.15, 0.2) is 11.5 Å². The summed E-state index contributed by atoms with van der Waals surface area (Å²) in [4.78, 5) is 19.8. The fourth-order valence-electron chi connectivity index (χ4n) is 3.48. The lowest BCUT2D eigenvalue weighted by molar-refractivity contribution is -0.113. The van der Waals surface area contributed by atoms with Gasteiger partial charge in [0.1, 0.15) is 11.5 Å². The van der Waals surface area contributed by atoms with E-state index in [1.165, 1.54) is 0 Å². The molecule has 0 aromatic heterocycles. The van der Waals surface area contributed by atoms with Gasteiger partial charge in [-0.05, 0) is 60.5 Å². The van der Waals surface area contributed by atoms with Crippen LogP contribution in [0.5, 0.6) is 11.5 Å². The number of carbonyl (C=O) groups is 1. The van der Waals surface area contributed by atoms with Crippen LogP contribution < -0.4 is 14.4 Å². The van der Waals surface area contributed by atoms with Gasteiger partial charge in [0.05, 0.1) is 5.69 Å². The first kappa shape index (κ1) is 18.6. The molecule has 0 radical (unpaired) electrons. The lowest BCUT2D eigenvalue weighted by Crippen LogP contribution is -2.32. The average Bonchev–Trinajstić information content (AvgIpc) is 3.33. The molecule has 3 aromatic rings. The molecule has 1 amide bonds. The highest BCUT2D eigenvalue weighted by molar-refractivity contribution is 9.10. The lowest BCUT2D eigenvalue weighted by Gasteiger charge is -2.19. The Morgan fingerprint density at radius 1 is 1.00 bits per heavy atom. The van der Waals surface area contributed by atoms with E-state index in [9.17, 15) is 4.79 Å². The number of carbonyl (C=O) groups excluding carboxylic acids is 1. The van der Waals surface area contributed by atoms with Crippen molar-refractivity contribution in [2.45, 2.75) is 6.92 Å². The van der Waals surface area contributed by atoms with Gasteiger partial charge in [-0.3, -0.25) is 9.69 Å². The molecule has 30 heavy (non-hydrogen) atoms. The van der Waals surface area contributed by atoms with E-state index in [0.29, 0.717) is 23.0 Å². The summed E-state index contributed by atoms with van der Waals surface area (Å²) in [6, 6.07) is 21.2. The van der Waals surface area contributed by atoms with Crippen LogP contribution in [0.1, 0.15) is 16.7 Å². The Morgan fingerprint density at radius 3 is 2.60 bits per heavy atom. The monoisotopic (exact) mass is 460 g/mol. The van der Waals surface area contributed by atoms with Crippen molar-refractivity contribution < 1.29 is 14.3 Å². The molecular formula is C24H17BrN2O3. The fraction of sp³-hybridized carbons (Fsp3) is 0.0833. The molecule has 0 aliphatic carbocycles. The van der Waals surface area contributed by atoms with Crippen LogP contribution >= 0.6 is 15.9 Å². The van der Waals surface area contributed by atoms with E-state index in [-0.39, 0.29) is 12.7 Å². The maximum Gasteiger partial charge on any atom is 0.282 e. The van der Waals surface area contributed by atoms with E-state index >= 15 is 0 Å². The summed E-state index contributed by atoms with van der Waals surface area (Å²) in [6.45, 7) is 2.21. The number of halogens is 1. The van der Waals surface area contributed by atoms with Crippen molar-refractivity contribution in [3.8, 4) is 11.5 Å². The number of anilines is 1. The molecule has 6 heteroatoms. The summed E-state index contributed by atoms with van der Waals surface area (Å²) < 4.78 is 11.8. The molecule has 2 aliphatic heterocycles. The summed E-state index contributed by atoms with van der Waals surface area (Å²) >= 11 is 3.46. The smallest absolute Gasteiger partial charge is 0.282 e. The maximum atomic E-state index is 13.4. The van der Waals surface area contributed by atoms with Crippen molar-refractivity contribution >= 4 is 39.4 Å². The van der Waals surface area contributed by atoms with Gasteiger partial charge in [0.2, 0.25) is 6.79 Å². The predicted octanol–water partition coefficient (Wildman–Crippen LogP) is 5.32. The maximum absolute atomic E-state index is 13.4. The van der Waals surface area contributed by atoms with Gasteiger partial charge in [-0.2, -0.15) is 0 Å².